The molecule has 1 rings (SSSR count). The topological polar surface area (TPSA) is 86.7 Å². The minimum atomic E-state index is -6.46. The fraction of sp³-hybridized carbons (Fsp3) is 1.00. The Kier molecular flexibility index (Phi) is 8.10. The van der Waals surface area contributed by atoms with Gasteiger partial charge in [0.05, 0.1) is 18.8 Å². The molecule has 0 heterocycles. The normalized spacial score (nSPS) is 24.5. The maximum absolute atomic E-state index is 13.1. The number of rotatable bonds is 6. The van der Waals surface area contributed by atoms with Crippen LogP contribution in [0.5, 0.6) is 0 Å². The average Bonchev–Trinajstić information content (AvgIpc) is 2.29. The number of ether oxygens (including phenoxy) is 1. The van der Waals surface area contributed by atoms with Gasteiger partial charge in [0.2, 0.25) is 0 Å². The molecule has 0 bridgehead atoms. The average molecular weight is 346 g/mol. The van der Waals surface area contributed by atoms with Crippen molar-refractivity contribution in [2.75, 3.05) is 6.61 Å². The maximum atomic E-state index is 13.1. The van der Waals surface area contributed by atoms with Gasteiger partial charge in [0.15, 0.2) is 10.1 Å². The van der Waals surface area contributed by atoms with E-state index >= 15 is 0 Å². The van der Waals surface area contributed by atoms with Crippen LogP contribution in [0.1, 0.15) is 32.1 Å². The largest absolute Gasteiger partial charge is 1.00 e. The fourth-order valence-corrected chi connectivity index (χ4v) is 2.41. The first-order chi connectivity index (χ1) is 8.99. The van der Waals surface area contributed by atoms with Crippen molar-refractivity contribution in [1.82, 2.24) is 0 Å². The van der Waals surface area contributed by atoms with Crippen molar-refractivity contribution in [3.63, 3.8) is 0 Å². The Hall–Kier alpha value is 0.550. The molecule has 0 spiro atoms. The predicted octanol–water partition coefficient (Wildman–Crippen LogP) is -1.53. The summed E-state index contributed by atoms with van der Waals surface area (Å²) in [4.78, 5) is 0. The Bertz CT molecular complexity index is 431. The molecule has 21 heavy (non-hydrogen) atoms. The summed E-state index contributed by atoms with van der Waals surface area (Å²) >= 11 is 0. The summed E-state index contributed by atoms with van der Waals surface area (Å²) in [5.74, 6) is -5.02. The quantitative estimate of drug-likeness (QED) is 0.358. The third kappa shape index (κ3) is 5.29. The summed E-state index contributed by atoms with van der Waals surface area (Å²) in [6.07, 6.45) is -0.926. The van der Waals surface area contributed by atoms with Crippen molar-refractivity contribution in [1.29, 1.82) is 0 Å². The van der Waals surface area contributed by atoms with E-state index in [-0.39, 0.29) is 29.6 Å². The number of halogens is 4. The zero-order valence-electron chi connectivity index (χ0n) is 11.4. The molecule has 1 N–H and O–H groups in total. The molecule has 1 aliphatic carbocycles. The van der Waals surface area contributed by atoms with Crippen LogP contribution in [0.2, 0.25) is 0 Å². The molecule has 11 heteroatoms. The molecule has 0 aromatic heterocycles. The maximum Gasteiger partial charge on any atom is 1.00 e. The predicted molar refractivity (Wildman–Crippen MR) is 58.4 cm³/mol. The van der Waals surface area contributed by atoms with Crippen LogP contribution in [0.4, 0.5) is 17.6 Å². The standard InChI is InChI=1S/C10H16F4O5S.Na/c11-9(12,10(13,14)20(16,17)18)5-6-19-8-4-2-1-3-7(8)15;/h7-8,15H,1-6H2,(H,16,17,18);/q;+1/p-1. The van der Waals surface area contributed by atoms with Gasteiger partial charge in [-0.1, -0.05) is 12.8 Å². The van der Waals surface area contributed by atoms with Gasteiger partial charge in [-0.3, -0.25) is 0 Å². The number of aliphatic hydroxyl groups excluding tert-OH is 1. The van der Waals surface area contributed by atoms with E-state index in [4.69, 9.17) is 4.74 Å². The van der Waals surface area contributed by atoms with Crippen LogP contribution in [-0.2, 0) is 14.9 Å². The second kappa shape index (κ2) is 7.89. The SMILES string of the molecule is O=S(=O)([O-])C(F)(F)C(F)(F)CCOC1CCCCC1O.[Na+]. The van der Waals surface area contributed by atoms with E-state index in [0.29, 0.717) is 19.3 Å². The summed E-state index contributed by atoms with van der Waals surface area (Å²) in [6.45, 7) is -0.875. The van der Waals surface area contributed by atoms with Crippen molar-refractivity contribution < 1.29 is 69.9 Å². The molecule has 1 aliphatic rings. The molecule has 120 valence electrons. The van der Waals surface area contributed by atoms with Gasteiger partial charge < -0.3 is 14.4 Å². The molecule has 1 fully saturated rings. The minimum Gasteiger partial charge on any atom is -0.743 e. The van der Waals surface area contributed by atoms with Crippen LogP contribution in [0.3, 0.4) is 0 Å². The first kappa shape index (κ1) is 21.6. The van der Waals surface area contributed by atoms with Crippen LogP contribution in [0.25, 0.3) is 0 Å². The Morgan fingerprint density at radius 2 is 1.71 bits per heavy atom. The van der Waals surface area contributed by atoms with Crippen LogP contribution in [0, 0.1) is 0 Å². The second-order valence-corrected chi connectivity index (χ2v) is 6.11. The number of aliphatic hydroxyl groups is 1. The van der Waals surface area contributed by atoms with E-state index in [0.717, 1.165) is 6.42 Å². The zero-order chi connectivity index (χ0) is 15.6. The third-order valence-electron chi connectivity index (χ3n) is 3.16. The number of alkyl halides is 4. The van der Waals surface area contributed by atoms with Gasteiger partial charge in [0.25, 0.3) is 0 Å². The Balaban J connectivity index is 0.00000400. The summed E-state index contributed by atoms with van der Waals surface area (Å²) in [6, 6.07) is 0. The van der Waals surface area contributed by atoms with Gasteiger partial charge in [-0.05, 0) is 12.8 Å². The number of hydrogen-bond donors (Lipinski definition) is 1. The molecule has 2 unspecified atom stereocenters. The smallest absolute Gasteiger partial charge is 0.743 e. The molecule has 0 amide bonds. The van der Waals surface area contributed by atoms with Gasteiger partial charge >= 0.3 is 40.7 Å². The van der Waals surface area contributed by atoms with Crippen LogP contribution in [-0.4, -0.2) is 48.1 Å². The summed E-state index contributed by atoms with van der Waals surface area (Å²) in [5.41, 5.74) is 0. The number of hydrogen-bond acceptors (Lipinski definition) is 5. The van der Waals surface area contributed by atoms with Gasteiger partial charge in [-0.15, -0.1) is 0 Å². The summed E-state index contributed by atoms with van der Waals surface area (Å²) in [5, 5.41) is 3.79. The van der Waals surface area contributed by atoms with Gasteiger partial charge in [0, 0.05) is 6.42 Å². The van der Waals surface area contributed by atoms with Gasteiger partial charge in [0.1, 0.15) is 0 Å². The molecule has 5 nitrogen and oxygen atoms in total. The Labute approximate surface area is 142 Å². The first-order valence-corrected chi connectivity index (χ1v) is 7.40. The van der Waals surface area contributed by atoms with Crippen molar-refractivity contribution in [2.24, 2.45) is 0 Å². The molecule has 0 radical (unpaired) electrons. The third-order valence-corrected chi connectivity index (χ3v) is 4.08. The van der Waals surface area contributed by atoms with Crippen molar-refractivity contribution in [3.05, 3.63) is 0 Å². The molecular weight excluding hydrogens is 331 g/mol. The minimum absolute atomic E-state index is 0. The van der Waals surface area contributed by atoms with E-state index in [2.05, 4.69) is 0 Å². The monoisotopic (exact) mass is 346 g/mol. The molecule has 0 aromatic rings. The van der Waals surface area contributed by atoms with Crippen molar-refractivity contribution >= 4 is 10.1 Å². The summed E-state index contributed by atoms with van der Waals surface area (Å²) < 4.78 is 87.1. The van der Waals surface area contributed by atoms with Crippen molar-refractivity contribution in [3.8, 4) is 0 Å². The van der Waals surface area contributed by atoms with Crippen LogP contribution >= 0.6 is 0 Å². The molecule has 0 saturated heterocycles. The molecule has 2 atom stereocenters. The Morgan fingerprint density at radius 3 is 2.19 bits per heavy atom. The van der Waals surface area contributed by atoms with Crippen LogP contribution < -0.4 is 29.6 Å². The van der Waals surface area contributed by atoms with Gasteiger partial charge in [-0.25, -0.2) is 8.42 Å². The molecule has 1 saturated carbocycles. The first-order valence-electron chi connectivity index (χ1n) is 6.00. The van der Waals surface area contributed by atoms with E-state index < -0.39 is 46.5 Å². The van der Waals surface area contributed by atoms with E-state index in [1.54, 1.807) is 0 Å². The fourth-order valence-electron chi connectivity index (χ4n) is 1.94. The second-order valence-electron chi connectivity index (χ2n) is 4.69. The molecule has 0 aliphatic heterocycles. The van der Waals surface area contributed by atoms with E-state index in [1.807, 2.05) is 0 Å². The van der Waals surface area contributed by atoms with Crippen molar-refractivity contribution in [2.45, 2.75) is 55.5 Å². The van der Waals surface area contributed by atoms with Gasteiger partial charge in [-0.2, -0.15) is 17.6 Å². The van der Waals surface area contributed by atoms with E-state index in [9.17, 15) is 35.6 Å². The summed E-state index contributed by atoms with van der Waals surface area (Å²) in [7, 11) is -6.46. The molecule has 0 aromatic carbocycles. The van der Waals surface area contributed by atoms with E-state index in [1.165, 1.54) is 0 Å². The zero-order valence-corrected chi connectivity index (χ0v) is 14.2. The Morgan fingerprint density at radius 1 is 1.19 bits per heavy atom. The molecular formula is C10H15F4NaO5S. The van der Waals surface area contributed by atoms with Crippen LogP contribution in [0.15, 0.2) is 0 Å².